The molecule has 0 saturated heterocycles. The van der Waals surface area contributed by atoms with Crippen molar-refractivity contribution in [1.29, 1.82) is 0 Å². The molecule has 0 unspecified atom stereocenters. The van der Waals surface area contributed by atoms with E-state index in [0.29, 0.717) is 0 Å². The number of halogens is 11. The molecule has 1 radical (unpaired) electrons. The molecular formula is C5F11O. The minimum absolute atomic E-state index is 7.20. The molecule has 0 heterocycles. The van der Waals surface area contributed by atoms with Gasteiger partial charge in [-0.3, -0.25) is 0 Å². The minimum atomic E-state index is -7.42. The van der Waals surface area contributed by atoms with Gasteiger partial charge in [0.1, 0.15) is 0 Å². The van der Waals surface area contributed by atoms with Crippen LogP contribution in [0.25, 0.3) is 0 Å². The molecule has 12 heteroatoms. The Morgan fingerprint density at radius 1 is 0.471 bits per heavy atom. The maximum absolute atomic E-state index is 12.1. The van der Waals surface area contributed by atoms with Crippen LogP contribution in [0.15, 0.2) is 0 Å². The fourth-order valence-electron chi connectivity index (χ4n) is 0.562. The Morgan fingerprint density at radius 2 is 0.647 bits per heavy atom. The highest BCUT2D eigenvalue weighted by Gasteiger charge is 2.87. The van der Waals surface area contributed by atoms with Crippen molar-refractivity contribution < 1.29 is 53.4 Å². The van der Waals surface area contributed by atoms with Crippen molar-refractivity contribution in [2.24, 2.45) is 0 Å². The average molecular weight is 285 g/mol. The molecule has 103 valence electrons. The van der Waals surface area contributed by atoms with Gasteiger partial charge in [-0.25, -0.2) is 0 Å². The van der Waals surface area contributed by atoms with E-state index in [4.69, 9.17) is 0 Å². The first-order valence-corrected chi connectivity index (χ1v) is 3.28. The Balaban J connectivity index is 5.73. The molecule has 0 spiro atoms. The molecule has 0 saturated carbocycles. The average Bonchev–Trinajstić information content (AvgIpc) is 1.98. The van der Waals surface area contributed by atoms with Crippen molar-refractivity contribution in [3.05, 3.63) is 0 Å². The smallest absolute Gasteiger partial charge is 0.194 e. The van der Waals surface area contributed by atoms with Crippen LogP contribution in [-0.2, 0) is 5.11 Å². The second kappa shape index (κ2) is 3.59. The topological polar surface area (TPSA) is 19.9 Å². The van der Waals surface area contributed by atoms with Crippen molar-refractivity contribution in [2.45, 2.75) is 30.1 Å². The summed E-state index contributed by atoms with van der Waals surface area (Å²) in [6.45, 7) is 0. The zero-order chi connectivity index (χ0) is 14.5. The quantitative estimate of drug-likeness (QED) is 0.692. The summed E-state index contributed by atoms with van der Waals surface area (Å²) >= 11 is 0. The van der Waals surface area contributed by atoms with Crippen LogP contribution in [0.4, 0.5) is 48.3 Å². The van der Waals surface area contributed by atoms with Gasteiger partial charge in [0.25, 0.3) is 0 Å². The standard InChI is InChI=1S/C5F11O/c6-1(7,4(11,12)13)3(10,17)2(8,9)5(14,15)16. The van der Waals surface area contributed by atoms with Crippen molar-refractivity contribution in [3.63, 3.8) is 0 Å². The lowest BCUT2D eigenvalue weighted by Crippen LogP contribution is -2.67. The molecule has 0 amide bonds. The van der Waals surface area contributed by atoms with Gasteiger partial charge in [0.2, 0.25) is 0 Å². The summed E-state index contributed by atoms with van der Waals surface area (Å²) in [5.41, 5.74) is 0. The van der Waals surface area contributed by atoms with Crippen LogP contribution in [0.1, 0.15) is 0 Å². The fourth-order valence-corrected chi connectivity index (χ4v) is 0.562. The highest BCUT2D eigenvalue weighted by atomic mass is 19.4. The van der Waals surface area contributed by atoms with Gasteiger partial charge in [-0.1, -0.05) is 0 Å². The number of hydrogen-bond acceptors (Lipinski definition) is 0. The molecule has 0 bridgehead atoms. The highest BCUT2D eigenvalue weighted by Crippen LogP contribution is 2.55. The minimum Gasteiger partial charge on any atom is -0.194 e. The summed E-state index contributed by atoms with van der Waals surface area (Å²) in [5, 5.41) is 9.83. The molecule has 17 heavy (non-hydrogen) atoms. The van der Waals surface area contributed by atoms with E-state index < -0.39 is 30.1 Å². The van der Waals surface area contributed by atoms with Gasteiger partial charge in [-0.05, 0) is 0 Å². The molecule has 0 aliphatic rings. The third kappa shape index (κ3) is 2.13. The lowest BCUT2D eigenvalue weighted by Gasteiger charge is -2.34. The zero-order valence-corrected chi connectivity index (χ0v) is 7.07. The summed E-state index contributed by atoms with van der Waals surface area (Å²) in [7, 11) is 0. The van der Waals surface area contributed by atoms with Gasteiger partial charge in [0.05, 0.1) is 0 Å². The van der Waals surface area contributed by atoms with Crippen molar-refractivity contribution in [2.75, 3.05) is 0 Å². The molecule has 0 aromatic carbocycles. The predicted octanol–water partition coefficient (Wildman–Crippen LogP) is 3.48. The molecule has 1 nitrogen and oxygen atoms in total. The molecule has 0 aliphatic carbocycles. The van der Waals surface area contributed by atoms with Crippen LogP contribution in [0.5, 0.6) is 0 Å². The first-order valence-electron chi connectivity index (χ1n) is 3.28. The largest absolute Gasteiger partial charge is 0.459 e. The Kier molecular flexibility index (Phi) is 3.42. The van der Waals surface area contributed by atoms with E-state index in [1.54, 1.807) is 0 Å². The van der Waals surface area contributed by atoms with Gasteiger partial charge in [0.15, 0.2) is 0 Å². The third-order valence-corrected chi connectivity index (χ3v) is 1.52. The highest BCUT2D eigenvalue weighted by molar-refractivity contribution is 5.02. The van der Waals surface area contributed by atoms with E-state index in [-0.39, 0.29) is 0 Å². The first-order chi connectivity index (χ1) is 7.00. The van der Waals surface area contributed by atoms with Crippen molar-refractivity contribution in [1.82, 2.24) is 0 Å². The number of alkyl halides is 11. The second-order valence-corrected chi connectivity index (χ2v) is 2.74. The summed E-state index contributed by atoms with van der Waals surface area (Å²) in [6, 6.07) is 0. The lowest BCUT2D eigenvalue weighted by atomic mass is 10.0. The van der Waals surface area contributed by atoms with E-state index >= 15 is 0 Å². The first kappa shape index (κ1) is 16.2. The van der Waals surface area contributed by atoms with Gasteiger partial charge in [0, 0.05) is 0 Å². The zero-order valence-electron chi connectivity index (χ0n) is 7.07. The second-order valence-electron chi connectivity index (χ2n) is 2.74. The van der Waals surface area contributed by atoms with Crippen LogP contribution in [-0.4, -0.2) is 30.1 Å². The van der Waals surface area contributed by atoms with Crippen LogP contribution in [0, 0.1) is 0 Å². The Hall–Kier alpha value is -0.810. The molecule has 0 atom stereocenters. The number of rotatable bonds is 2. The molecule has 0 rings (SSSR count). The van der Waals surface area contributed by atoms with E-state index in [1.165, 1.54) is 0 Å². The summed E-state index contributed by atoms with van der Waals surface area (Å²) in [5.74, 6) is -22.2. The molecule has 0 aromatic heterocycles. The third-order valence-electron chi connectivity index (χ3n) is 1.52. The van der Waals surface area contributed by atoms with Gasteiger partial charge < -0.3 is 0 Å². The molecular weight excluding hydrogens is 285 g/mol. The maximum atomic E-state index is 12.1. The summed E-state index contributed by atoms with van der Waals surface area (Å²) in [4.78, 5) is 0. The van der Waals surface area contributed by atoms with Gasteiger partial charge in [-0.2, -0.15) is 53.4 Å². The van der Waals surface area contributed by atoms with E-state index in [0.717, 1.165) is 0 Å². The lowest BCUT2D eigenvalue weighted by molar-refractivity contribution is -0.471. The Labute approximate surface area is 84.8 Å². The van der Waals surface area contributed by atoms with Gasteiger partial charge in [-0.15, -0.1) is 0 Å². The van der Waals surface area contributed by atoms with Crippen LogP contribution in [0.3, 0.4) is 0 Å². The van der Waals surface area contributed by atoms with Crippen molar-refractivity contribution in [3.8, 4) is 0 Å². The van der Waals surface area contributed by atoms with Crippen molar-refractivity contribution >= 4 is 0 Å². The molecule has 0 fully saturated rings. The molecule has 0 N–H and O–H groups in total. The molecule has 0 aromatic rings. The predicted molar refractivity (Wildman–Crippen MR) is 26.5 cm³/mol. The SMILES string of the molecule is [O]C(F)(C(F)(F)C(F)(F)F)C(F)(F)C(F)(F)F. The van der Waals surface area contributed by atoms with Gasteiger partial charge >= 0.3 is 30.1 Å². The van der Waals surface area contributed by atoms with E-state index in [1.807, 2.05) is 0 Å². The summed E-state index contributed by atoms with van der Waals surface area (Å²) < 4.78 is 128. The summed E-state index contributed by atoms with van der Waals surface area (Å²) in [6.07, 6.45) is -14.4. The molecule has 0 aliphatic heterocycles. The Bertz CT molecular complexity index is 255. The monoisotopic (exact) mass is 285 g/mol. The van der Waals surface area contributed by atoms with Crippen LogP contribution in [0.2, 0.25) is 0 Å². The Morgan fingerprint density at radius 3 is 0.765 bits per heavy atom. The van der Waals surface area contributed by atoms with Crippen LogP contribution < -0.4 is 0 Å². The fraction of sp³-hybridized carbons (Fsp3) is 1.00. The normalized spacial score (nSPS) is 16.2. The van der Waals surface area contributed by atoms with E-state index in [2.05, 4.69) is 0 Å². The number of hydrogen-bond donors (Lipinski definition) is 0. The van der Waals surface area contributed by atoms with Crippen LogP contribution >= 0.6 is 0 Å². The van der Waals surface area contributed by atoms with E-state index in [9.17, 15) is 53.4 Å². The maximum Gasteiger partial charge on any atom is 0.459 e.